The molecule has 0 aliphatic rings. The Bertz CT molecular complexity index is 6350. The fraction of sp³-hybridized carbons (Fsp3) is 0. The molecule has 19 rings (SSSR count). The van der Waals surface area contributed by atoms with Gasteiger partial charge in [-0.2, -0.15) is 0 Å². The molecule has 0 N–H and O–H groups in total. The van der Waals surface area contributed by atoms with E-state index in [0.29, 0.717) is 34.9 Å². The van der Waals surface area contributed by atoms with Gasteiger partial charge in [0.2, 0.25) is 0 Å². The van der Waals surface area contributed by atoms with Gasteiger partial charge in [-0.05, 0) is 97.1 Å². The molecule has 4 heterocycles. The van der Waals surface area contributed by atoms with E-state index in [2.05, 4.69) is 255 Å². The Morgan fingerprint density at radius 3 is 0.846 bits per heavy atom. The maximum Gasteiger partial charge on any atom is 0.164 e. The number of hydrogen-bond acceptors (Lipinski definition) is 8. The second-order valence-corrected chi connectivity index (χ2v) is 26.0. The van der Waals surface area contributed by atoms with Crippen molar-refractivity contribution < 1.29 is 8.83 Å². The van der Waals surface area contributed by atoms with Gasteiger partial charge in [0, 0.05) is 77.2 Å². The zero-order valence-electron chi connectivity index (χ0n) is 56.1. The largest absolute Gasteiger partial charge is 0.455 e. The molecule has 0 radical (unpaired) electrons. The lowest BCUT2D eigenvalue weighted by atomic mass is 9.91. The third-order valence-electron chi connectivity index (χ3n) is 19.6. The van der Waals surface area contributed by atoms with E-state index in [4.69, 9.17) is 38.7 Å². The number of nitrogens with zero attached hydrogens (tertiary/aromatic N) is 6. The van der Waals surface area contributed by atoms with Crippen LogP contribution in [0.4, 0.5) is 0 Å². The minimum Gasteiger partial charge on any atom is -0.455 e. The van der Waals surface area contributed by atoms with Crippen molar-refractivity contribution in [3.63, 3.8) is 0 Å². The van der Waals surface area contributed by atoms with E-state index in [1.165, 1.54) is 11.1 Å². The molecule has 0 unspecified atom stereocenters. The highest BCUT2D eigenvalue weighted by Crippen LogP contribution is 2.47. The molecule has 104 heavy (non-hydrogen) atoms. The van der Waals surface area contributed by atoms with E-state index < -0.39 is 0 Å². The van der Waals surface area contributed by atoms with E-state index in [-0.39, 0.29) is 0 Å². The molecular formula is C96H60N6O2. The summed E-state index contributed by atoms with van der Waals surface area (Å²) in [6, 6.07) is 127. The molecule has 486 valence electrons. The van der Waals surface area contributed by atoms with Gasteiger partial charge >= 0.3 is 0 Å². The average molecular weight is 1330 g/mol. The van der Waals surface area contributed by atoms with Gasteiger partial charge < -0.3 is 8.83 Å². The molecule has 0 saturated carbocycles. The highest BCUT2D eigenvalue weighted by Gasteiger charge is 2.24. The fourth-order valence-corrected chi connectivity index (χ4v) is 14.4. The highest BCUT2D eigenvalue weighted by atomic mass is 16.3. The van der Waals surface area contributed by atoms with Gasteiger partial charge in [0.25, 0.3) is 0 Å². The Kier molecular flexibility index (Phi) is 15.4. The van der Waals surface area contributed by atoms with Crippen molar-refractivity contribution in [3.8, 4) is 157 Å². The first-order valence-electron chi connectivity index (χ1n) is 34.9. The average Bonchev–Trinajstić information content (AvgIpc) is 1.56. The summed E-state index contributed by atoms with van der Waals surface area (Å²) in [5.74, 6) is 3.38. The maximum absolute atomic E-state index is 7.52. The molecule has 0 amide bonds. The fourth-order valence-electron chi connectivity index (χ4n) is 14.4. The predicted octanol–water partition coefficient (Wildman–Crippen LogP) is 25.2. The molecule has 0 saturated heterocycles. The second kappa shape index (κ2) is 26.2. The summed E-state index contributed by atoms with van der Waals surface area (Å²) in [5.41, 5.74) is 25.0. The standard InChI is InChI=1S/C96H60N6O2/c1-7-23-61(24-8-1)64-43-47-66(48-44-64)79-37-20-40-83-84-41-21-38-80(88(84)103-87(79)83)68-51-53-72(54-52-68)94-98-91(69-29-13-4-14-30-69)99-95(100-94)74-36-19-35-73(57-74)78-55-56-82(90-86(78)85-42-22-39-81(89(85)104-90)67-49-45-65(46-50-67)62-25-9-2-10-26-62)76-58-75(63-27-11-3-12-28-63)59-77(60-76)96-101-92(70-31-15-5-16-32-70)97-93(102-96)71-33-17-6-18-34-71/h1-60H. The third-order valence-corrected chi connectivity index (χ3v) is 19.6. The summed E-state index contributed by atoms with van der Waals surface area (Å²) in [6.07, 6.45) is 0. The van der Waals surface area contributed by atoms with Crippen molar-refractivity contribution in [3.05, 3.63) is 364 Å². The molecule has 4 aromatic heterocycles. The first-order chi connectivity index (χ1) is 51.5. The van der Waals surface area contributed by atoms with E-state index >= 15 is 0 Å². The third kappa shape index (κ3) is 11.4. The topological polar surface area (TPSA) is 104 Å². The SMILES string of the molecule is c1ccc(-c2ccc(-c3cccc4c3oc3c(-c5ccc(-c6nc(-c7ccccc7)nc(-c7cccc(-c8ccc(-c9cc(-c%10ccccc%10)cc(-c%10nc(-c%11ccccc%11)nc(-c%11ccccc%11)n%10)c9)c9oc%10c(-c%11ccc(-c%12ccccc%12)cc%11)cccc%10c89)c7)n6)cc5)cccc34)cc2)cc1. The van der Waals surface area contributed by atoms with Gasteiger partial charge in [-0.3, -0.25) is 0 Å². The molecule has 19 aromatic rings. The summed E-state index contributed by atoms with van der Waals surface area (Å²) < 4.78 is 14.5. The zero-order valence-corrected chi connectivity index (χ0v) is 56.1. The zero-order chi connectivity index (χ0) is 68.9. The molecule has 8 nitrogen and oxygen atoms in total. The molecule has 15 aromatic carbocycles. The number of hydrogen-bond donors (Lipinski definition) is 0. The number of aromatic nitrogens is 6. The number of furan rings is 2. The smallest absolute Gasteiger partial charge is 0.164 e. The predicted molar refractivity (Wildman–Crippen MR) is 424 cm³/mol. The first-order valence-corrected chi connectivity index (χ1v) is 34.9. The lowest BCUT2D eigenvalue weighted by molar-refractivity contribution is 0.670. The van der Waals surface area contributed by atoms with Crippen LogP contribution in [0.5, 0.6) is 0 Å². The summed E-state index contributed by atoms with van der Waals surface area (Å²) in [5, 5.41) is 4.08. The molecule has 0 fully saturated rings. The van der Waals surface area contributed by atoms with Crippen LogP contribution in [-0.2, 0) is 0 Å². The van der Waals surface area contributed by atoms with Crippen LogP contribution in [0.25, 0.3) is 201 Å². The monoisotopic (exact) mass is 1330 g/mol. The molecule has 0 atom stereocenters. The van der Waals surface area contributed by atoms with Crippen LogP contribution in [0, 0.1) is 0 Å². The Labute approximate surface area is 600 Å². The van der Waals surface area contributed by atoms with Gasteiger partial charge in [-0.15, -0.1) is 0 Å². The number of benzene rings is 15. The van der Waals surface area contributed by atoms with Gasteiger partial charge in [-0.25, -0.2) is 29.9 Å². The normalized spacial score (nSPS) is 11.5. The minimum atomic E-state index is 0.540. The summed E-state index contributed by atoms with van der Waals surface area (Å²) in [4.78, 5) is 31.4. The molecule has 8 heteroatoms. The Morgan fingerprint density at radius 2 is 0.404 bits per heavy atom. The quantitative estimate of drug-likeness (QED) is 0.106. The summed E-state index contributed by atoms with van der Waals surface area (Å²) in [7, 11) is 0. The van der Waals surface area contributed by atoms with Crippen LogP contribution in [0.3, 0.4) is 0 Å². The van der Waals surface area contributed by atoms with E-state index in [0.717, 1.165) is 155 Å². The van der Waals surface area contributed by atoms with Crippen molar-refractivity contribution in [2.75, 3.05) is 0 Å². The van der Waals surface area contributed by atoms with Crippen molar-refractivity contribution in [2.45, 2.75) is 0 Å². The first kappa shape index (κ1) is 61.0. The molecule has 0 aliphatic carbocycles. The van der Waals surface area contributed by atoms with Gasteiger partial charge in [-0.1, -0.05) is 334 Å². The maximum atomic E-state index is 7.52. The Balaban J connectivity index is 0.737. The minimum absolute atomic E-state index is 0.540. The Hall–Kier alpha value is -14.1. The molecule has 0 bridgehead atoms. The second-order valence-electron chi connectivity index (χ2n) is 26.0. The number of fused-ring (bicyclic) bond motifs is 6. The van der Waals surface area contributed by atoms with Crippen molar-refractivity contribution in [1.82, 2.24) is 29.9 Å². The van der Waals surface area contributed by atoms with Gasteiger partial charge in [0.1, 0.15) is 22.3 Å². The van der Waals surface area contributed by atoms with Gasteiger partial charge in [0.15, 0.2) is 34.9 Å². The van der Waals surface area contributed by atoms with Crippen molar-refractivity contribution >= 4 is 43.9 Å². The van der Waals surface area contributed by atoms with Crippen LogP contribution in [0.15, 0.2) is 373 Å². The highest BCUT2D eigenvalue weighted by molar-refractivity contribution is 6.19. The summed E-state index contributed by atoms with van der Waals surface area (Å²) in [6.45, 7) is 0. The molecular weight excluding hydrogens is 1270 g/mol. The number of rotatable bonds is 14. The van der Waals surface area contributed by atoms with Crippen LogP contribution >= 0.6 is 0 Å². The number of para-hydroxylation sites is 3. The van der Waals surface area contributed by atoms with Gasteiger partial charge in [0.05, 0.1) is 0 Å². The molecule has 0 aliphatic heterocycles. The molecule has 0 spiro atoms. The van der Waals surface area contributed by atoms with Crippen LogP contribution in [-0.4, -0.2) is 29.9 Å². The summed E-state index contributed by atoms with van der Waals surface area (Å²) >= 11 is 0. The van der Waals surface area contributed by atoms with Crippen molar-refractivity contribution in [2.24, 2.45) is 0 Å². The van der Waals surface area contributed by atoms with E-state index in [1.807, 2.05) is 109 Å². The van der Waals surface area contributed by atoms with Crippen LogP contribution in [0.1, 0.15) is 0 Å². The lowest BCUT2D eigenvalue weighted by Crippen LogP contribution is -2.00. The Morgan fingerprint density at radius 1 is 0.144 bits per heavy atom. The van der Waals surface area contributed by atoms with Crippen LogP contribution in [0.2, 0.25) is 0 Å². The van der Waals surface area contributed by atoms with E-state index in [1.54, 1.807) is 0 Å². The lowest BCUT2D eigenvalue weighted by Gasteiger charge is -2.14. The van der Waals surface area contributed by atoms with Crippen LogP contribution < -0.4 is 0 Å². The van der Waals surface area contributed by atoms with Crippen molar-refractivity contribution in [1.29, 1.82) is 0 Å². The van der Waals surface area contributed by atoms with E-state index in [9.17, 15) is 0 Å².